The summed E-state index contributed by atoms with van der Waals surface area (Å²) in [5.41, 5.74) is 0.953. The van der Waals surface area contributed by atoms with Gasteiger partial charge in [0.05, 0.1) is 6.54 Å². The first-order chi connectivity index (χ1) is 8.88. The average molecular weight is 262 g/mol. The van der Waals surface area contributed by atoms with Crippen LogP contribution < -0.4 is 10.2 Å². The van der Waals surface area contributed by atoms with E-state index in [1.54, 1.807) is 23.1 Å². The SMILES string of the molecule is CC(C)(C)C(=O)Nc1cccc(N2CCOC2=O)c1. The molecule has 0 aromatic heterocycles. The minimum absolute atomic E-state index is 0.0614. The summed E-state index contributed by atoms with van der Waals surface area (Å²) in [5, 5.41) is 2.84. The fourth-order valence-electron chi connectivity index (χ4n) is 1.70. The van der Waals surface area contributed by atoms with E-state index in [0.29, 0.717) is 18.8 Å². The smallest absolute Gasteiger partial charge is 0.414 e. The molecule has 5 heteroatoms. The lowest BCUT2D eigenvalue weighted by molar-refractivity contribution is -0.123. The second-order valence-corrected chi connectivity index (χ2v) is 5.52. The number of carbonyl (C=O) groups excluding carboxylic acids is 2. The highest BCUT2D eigenvalue weighted by molar-refractivity contribution is 5.96. The molecule has 1 aromatic carbocycles. The zero-order valence-electron chi connectivity index (χ0n) is 11.4. The van der Waals surface area contributed by atoms with Gasteiger partial charge in [-0.25, -0.2) is 4.79 Å². The minimum atomic E-state index is -0.456. The maximum atomic E-state index is 11.9. The molecule has 2 amide bonds. The zero-order valence-corrected chi connectivity index (χ0v) is 11.4. The first kappa shape index (κ1) is 13.4. The number of amides is 2. The van der Waals surface area contributed by atoms with Crippen molar-refractivity contribution in [1.29, 1.82) is 0 Å². The molecule has 1 aromatic rings. The largest absolute Gasteiger partial charge is 0.447 e. The summed E-state index contributed by atoms with van der Waals surface area (Å²) in [5.74, 6) is -0.0614. The molecule has 5 nitrogen and oxygen atoms in total. The van der Waals surface area contributed by atoms with Crippen LogP contribution in [0.5, 0.6) is 0 Å². The number of nitrogens with zero attached hydrogens (tertiary/aromatic N) is 1. The quantitative estimate of drug-likeness (QED) is 0.891. The fraction of sp³-hybridized carbons (Fsp3) is 0.429. The summed E-state index contributed by atoms with van der Waals surface area (Å²) in [7, 11) is 0. The zero-order chi connectivity index (χ0) is 14.0. The molecule has 0 unspecified atom stereocenters. The minimum Gasteiger partial charge on any atom is -0.447 e. The summed E-state index contributed by atoms with van der Waals surface area (Å²) < 4.78 is 4.89. The second kappa shape index (κ2) is 4.91. The average Bonchev–Trinajstić information content (AvgIpc) is 2.74. The molecule has 102 valence electrons. The van der Waals surface area contributed by atoms with Gasteiger partial charge in [0.25, 0.3) is 0 Å². The van der Waals surface area contributed by atoms with Crippen molar-refractivity contribution in [2.75, 3.05) is 23.4 Å². The van der Waals surface area contributed by atoms with Crippen LogP contribution in [0.25, 0.3) is 0 Å². The molecule has 1 N–H and O–H groups in total. The molecule has 0 spiro atoms. The van der Waals surface area contributed by atoms with Crippen LogP contribution in [0.4, 0.5) is 16.2 Å². The van der Waals surface area contributed by atoms with Crippen LogP contribution in [0.2, 0.25) is 0 Å². The monoisotopic (exact) mass is 262 g/mol. The van der Waals surface area contributed by atoms with Crippen LogP contribution >= 0.6 is 0 Å². The van der Waals surface area contributed by atoms with Crippen molar-refractivity contribution in [1.82, 2.24) is 0 Å². The Hall–Kier alpha value is -2.04. The van der Waals surface area contributed by atoms with Gasteiger partial charge in [-0.3, -0.25) is 9.69 Å². The molecule has 1 aliphatic rings. The van der Waals surface area contributed by atoms with Gasteiger partial charge in [0.2, 0.25) is 5.91 Å². The van der Waals surface area contributed by atoms with Crippen molar-refractivity contribution in [3.8, 4) is 0 Å². The van der Waals surface area contributed by atoms with Crippen LogP contribution in [-0.4, -0.2) is 25.2 Å². The van der Waals surface area contributed by atoms with E-state index in [1.807, 2.05) is 26.8 Å². The first-order valence-electron chi connectivity index (χ1n) is 6.24. The lowest BCUT2D eigenvalue weighted by atomic mass is 9.95. The molecule has 0 radical (unpaired) electrons. The summed E-state index contributed by atoms with van der Waals surface area (Å²) in [4.78, 5) is 24.9. The van der Waals surface area contributed by atoms with Crippen LogP contribution in [-0.2, 0) is 9.53 Å². The lowest BCUT2D eigenvalue weighted by Gasteiger charge is -2.19. The van der Waals surface area contributed by atoms with Crippen molar-refractivity contribution in [2.24, 2.45) is 5.41 Å². The van der Waals surface area contributed by atoms with E-state index in [0.717, 1.165) is 5.69 Å². The maximum Gasteiger partial charge on any atom is 0.414 e. The molecule has 0 saturated carbocycles. The van der Waals surface area contributed by atoms with Crippen molar-refractivity contribution in [3.05, 3.63) is 24.3 Å². The highest BCUT2D eigenvalue weighted by Crippen LogP contribution is 2.24. The molecule has 0 bridgehead atoms. The van der Waals surface area contributed by atoms with Crippen molar-refractivity contribution >= 4 is 23.4 Å². The number of rotatable bonds is 2. The van der Waals surface area contributed by atoms with Gasteiger partial charge in [-0.2, -0.15) is 0 Å². The number of benzene rings is 1. The summed E-state index contributed by atoms with van der Waals surface area (Å²) >= 11 is 0. The van der Waals surface area contributed by atoms with Gasteiger partial charge < -0.3 is 10.1 Å². The Morgan fingerprint density at radius 2 is 2.11 bits per heavy atom. The lowest BCUT2D eigenvalue weighted by Crippen LogP contribution is -2.28. The molecule has 1 heterocycles. The van der Waals surface area contributed by atoms with Gasteiger partial charge >= 0.3 is 6.09 Å². The van der Waals surface area contributed by atoms with Gasteiger partial charge in [0.15, 0.2) is 0 Å². The number of anilines is 2. The Morgan fingerprint density at radius 1 is 1.37 bits per heavy atom. The topological polar surface area (TPSA) is 58.6 Å². The highest BCUT2D eigenvalue weighted by atomic mass is 16.6. The van der Waals surface area contributed by atoms with Crippen LogP contribution in [0.3, 0.4) is 0 Å². The molecular weight excluding hydrogens is 244 g/mol. The summed E-state index contributed by atoms with van der Waals surface area (Å²) in [6, 6.07) is 7.20. The van der Waals surface area contributed by atoms with E-state index < -0.39 is 5.41 Å². The third-order valence-corrected chi connectivity index (χ3v) is 2.86. The van der Waals surface area contributed by atoms with E-state index in [1.165, 1.54) is 0 Å². The fourth-order valence-corrected chi connectivity index (χ4v) is 1.70. The number of hydrogen-bond acceptors (Lipinski definition) is 3. The van der Waals surface area contributed by atoms with Crippen molar-refractivity contribution < 1.29 is 14.3 Å². The van der Waals surface area contributed by atoms with Gasteiger partial charge in [0, 0.05) is 16.8 Å². The first-order valence-corrected chi connectivity index (χ1v) is 6.24. The van der Waals surface area contributed by atoms with Crippen molar-refractivity contribution in [2.45, 2.75) is 20.8 Å². The number of ether oxygens (including phenoxy) is 1. The molecule has 1 fully saturated rings. The van der Waals surface area contributed by atoms with E-state index in [9.17, 15) is 9.59 Å². The Labute approximate surface area is 112 Å². The molecule has 19 heavy (non-hydrogen) atoms. The number of cyclic esters (lactones) is 1. The Bertz CT molecular complexity index is 506. The molecule has 0 aliphatic carbocycles. The summed E-state index contributed by atoms with van der Waals surface area (Å²) in [6.45, 7) is 6.49. The van der Waals surface area contributed by atoms with Gasteiger partial charge in [0.1, 0.15) is 6.61 Å². The number of carbonyl (C=O) groups is 2. The van der Waals surface area contributed by atoms with E-state index >= 15 is 0 Å². The second-order valence-electron chi connectivity index (χ2n) is 5.52. The Kier molecular flexibility index (Phi) is 3.46. The molecule has 0 atom stereocenters. The van der Waals surface area contributed by atoms with Crippen molar-refractivity contribution in [3.63, 3.8) is 0 Å². The van der Waals surface area contributed by atoms with Gasteiger partial charge in [-0.15, -0.1) is 0 Å². The maximum absolute atomic E-state index is 11.9. The normalized spacial score (nSPS) is 15.3. The molecule has 1 saturated heterocycles. The van der Waals surface area contributed by atoms with E-state index in [-0.39, 0.29) is 12.0 Å². The standard InChI is InChI=1S/C14H18N2O3/c1-14(2,3)12(17)15-10-5-4-6-11(9-10)16-7-8-19-13(16)18/h4-6,9H,7-8H2,1-3H3,(H,15,17). The van der Waals surface area contributed by atoms with Gasteiger partial charge in [-0.1, -0.05) is 26.8 Å². The van der Waals surface area contributed by atoms with Crippen LogP contribution in [0.1, 0.15) is 20.8 Å². The van der Waals surface area contributed by atoms with Gasteiger partial charge in [-0.05, 0) is 18.2 Å². The third-order valence-electron chi connectivity index (χ3n) is 2.86. The Balaban J connectivity index is 2.16. The van der Waals surface area contributed by atoms with E-state index in [4.69, 9.17) is 4.74 Å². The molecule has 2 rings (SSSR count). The molecular formula is C14H18N2O3. The predicted octanol–water partition coefficient (Wildman–Crippen LogP) is 2.63. The third kappa shape index (κ3) is 3.05. The summed E-state index contributed by atoms with van der Waals surface area (Å²) in [6.07, 6.45) is -0.348. The Morgan fingerprint density at radius 3 is 2.68 bits per heavy atom. The van der Waals surface area contributed by atoms with E-state index in [2.05, 4.69) is 5.32 Å². The number of hydrogen-bond donors (Lipinski definition) is 1. The highest BCUT2D eigenvalue weighted by Gasteiger charge is 2.24. The van der Waals surface area contributed by atoms with Crippen LogP contribution in [0.15, 0.2) is 24.3 Å². The van der Waals surface area contributed by atoms with Crippen LogP contribution in [0, 0.1) is 5.41 Å². The molecule has 1 aliphatic heterocycles. The predicted molar refractivity (Wildman–Crippen MR) is 73.2 cm³/mol. The number of nitrogens with one attached hydrogen (secondary N) is 1.